The molecule has 7 heavy (non-hydrogen) atoms. The van der Waals surface area contributed by atoms with Gasteiger partial charge in [0.2, 0.25) is 0 Å². The fourth-order valence-electron chi connectivity index (χ4n) is 0.250. The Bertz CT molecular complexity index is 88.0. The Morgan fingerprint density at radius 3 is 2.29 bits per heavy atom. The molecule has 40 valence electrons. The van der Waals surface area contributed by atoms with Crippen LogP contribution in [-0.2, 0) is 0 Å². The summed E-state index contributed by atoms with van der Waals surface area (Å²) >= 11 is 0. The van der Waals surface area contributed by atoms with Crippen molar-refractivity contribution in [1.29, 1.82) is 0 Å². The average molecular weight is 114 g/mol. The van der Waals surface area contributed by atoms with Crippen LogP contribution in [0.15, 0.2) is 0 Å². The van der Waals surface area contributed by atoms with Gasteiger partial charge in [0, 0.05) is 0 Å². The largest absolute Gasteiger partial charge is 0.384 e. The summed E-state index contributed by atoms with van der Waals surface area (Å²) in [6.07, 6.45) is 0. The molecule has 0 aliphatic carbocycles. The Kier molecular flexibility index (Phi) is 3.76. The molecule has 0 unspecified atom stereocenters. The molecule has 0 heterocycles. The predicted octanol–water partition coefficient (Wildman–Crippen LogP) is 0.00800. The summed E-state index contributed by atoms with van der Waals surface area (Å²) in [5, 5.41) is 8.16. The van der Waals surface area contributed by atoms with Gasteiger partial charge < -0.3 is 5.11 Å². The van der Waals surface area contributed by atoms with Gasteiger partial charge >= 0.3 is 0 Å². The molecular formula is C5H10OSi. The normalized spacial score (nSPS) is 8.00. The first-order chi connectivity index (χ1) is 3.27. The lowest BCUT2D eigenvalue weighted by molar-refractivity contribution is 0.350. The van der Waals surface area contributed by atoms with Crippen molar-refractivity contribution >= 4 is 8.80 Å². The van der Waals surface area contributed by atoms with E-state index in [1.807, 2.05) is 0 Å². The summed E-state index contributed by atoms with van der Waals surface area (Å²) in [6.45, 7) is 4.27. The number of rotatable bonds is 0. The lowest BCUT2D eigenvalue weighted by atomic mass is 10.8. The molecule has 0 aliphatic heterocycles. The van der Waals surface area contributed by atoms with E-state index < -0.39 is 8.80 Å². The Morgan fingerprint density at radius 2 is 2.14 bits per heavy atom. The summed E-state index contributed by atoms with van der Waals surface area (Å²) in [5.74, 6) is 2.61. The molecule has 0 saturated heterocycles. The third-order valence-corrected chi connectivity index (χ3v) is 1.25. The maximum atomic E-state index is 8.16. The van der Waals surface area contributed by atoms with E-state index in [1.165, 1.54) is 0 Å². The Morgan fingerprint density at radius 1 is 1.57 bits per heavy atom. The molecule has 0 saturated carbocycles. The minimum absolute atomic E-state index is 0.0190. The molecule has 1 N–H and O–H groups in total. The van der Waals surface area contributed by atoms with E-state index in [2.05, 4.69) is 24.6 Å². The van der Waals surface area contributed by atoms with Crippen molar-refractivity contribution < 1.29 is 5.11 Å². The van der Waals surface area contributed by atoms with E-state index in [-0.39, 0.29) is 6.61 Å². The quantitative estimate of drug-likeness (QED) is 0.347. The van der Waals surface area contributed by atoms with Crippen LogP contribution in [0.1, 0.15) is 0 Å². The minimum atomic E-state index is -0.709. The first-order valence-electron chi connectivity index (χ1n) is 2.36. The monoisotopic (exact) mass is 114 g/mol. The molecule has 0 aromatic rings. The zero-order chi connectivity index (χ0) is 5.70. The molecule has 0 spiro atoms. The van der Waals surface area contributed by atoms with Gasteiger partial charge in [-0.3, -0.25) is 0 Å². The van der Waals surface area contributed by atoms with Gasteiger partial charge in [-0.2, -0.15) is 0 Å². The molecule has 2 heteroatoms. The number of hydrogen-bond donors (Lipinski definition) is 1. The van der Waals surface area contributed by atoms with Crippen LogP contribution in [-0.4, -0.2) is 20.5 Å². The number of aliphatic hydroxyl groups excluding tert-OH is 1. The van der Waals surface area contributed by atoms with E-state index in [1.54, 1.807) is 0 Å². The molecule has 0 atom stereocenters. The summed E-state index contributed by atoms with van der Waals surface area (Å²) in [7, 11) is -0.709. The lowest BCUT2D eigenvalue weighted by Gasteiger charge is -1.80. The van der Waals surface area contributed by atoms with Crippen LogP contribution >= 0.6 is 0 Å². The van der Waals surface area contributed by atoms with E-state index >= 15 is 0 Å². The molecule has 0 radical (unpaired) electrons. The van der Waals surface area contributed by atoms with Gasteiger partial charge in [-0.25, -0.2) is 0 Å². The van der Waals surface area contributed by atoms with E-state index in [0.717, 1.165) is 0 Å². The molecule has 0 rings (SSSR count). The average Bonchev–Trinajstić information content (AvgIpc) is 1.61. The standard InChI is InChI=1S/C5H10OSi/c1-7(2)5-3-4-6/h6-7H,4H2,1-2H3. The van der Waals surface area contributed by atoms with Crippen LogP contribution < -0.4 is 0 Å². The van der Waals surface area contributed by atoms with Crippen LogP contribution in [0.2, 0.25) is 13.1 Å². The van der Waals surface area contributed by atoms with Crippen molar-refractivity contribution in [3.05, 3.63) is 0 Å². The highest BCUT2D eigenvalue weighted by atomic mass is 28.3. The van der Waals surface area contributed by atoms with Crippen molar-refractivity contribution in [3.8, 4) is 11.5 Å². The Balaban J connectivity index is 3.24. The lowest BCUT2D eigenvalue weighted by Crippen LogP contribution is -1.93. The third-order valence-electron chi connectivity index (χ3n) is 0.470. The summed E-state index contributed by atoms with van der Waals surface area (Å²) < 4.78 is 0. The van der Waals surface area contributed by atoms with E-state index in [0.29, 0.717) is 0 Å². The fourth-order valence-corrected chi connectivity index (χ4v) is 0.749. The summed E-state index contributed by atoms with van der Waals surface area (Å²) in [5.41, 5.74) is 2.93. The van der Waals surface area contributed by atoms with Gasteiger partial charge in [0.25, 0.3) is 0 Å². The predicted molar refractivity (Wildman–Crippen MR) is 33.7 cm³/mol. The van der Waals surface area contributed by atoms with Crippen molar-refractivity contribution in [2.24, 2.45) is 0 Å². The van der Waals surface area contributed by atoms with Crippen LogP contribution in [0.4, 0.5) is 0 Å². The SMILES string of the molecule is C[SiH](C)C#CCO. The van der Waals surface area contributed by atoms with Crippen molar-refractivity contribution in [2.75, 3.05) is 6.61 Å². The van der Waals surface area contributed by atoms with E-state index in [9.17, 15) is 0 Å². The molecule has 0 fully saturated rings. The number of aliphatic hydroxyl groups is 1. The maximum absolute atomic E-state index is 8.16. The van der Waals surface area contributed by atoms with Gasteiger partial charge in [-0.05, 0) is 0 Å². The molecule has 0 aliphatic rings. The molecular weight excluding hydrogens is 104 g/mol. The third kappa shape index (κ3) is 5.74. The van der Waals surface area contributed by atoms with E-state index in [4.69, 9.17) is 5.11 Å². The fraction of sp³-hybridized carbons (Fsp3) is 0.600. The van der Waals surface area contributed by atoms with Crippen LogP contribution in [0.3, 0.4) is 0 Å². The van der Waals surface area contributed by atoms with Gasteiger partial charge in [0.15, 0.2) is 0 Å². The van der Waals surface area contributed by atoms with Crippen LogP contribution in [0.5, 0.6) is 0 Å². The number of hydrogen-bond acceptors (Lipinski definition) is 1. The highest BCUT2D eigenvalue weighted by molar-refractivity contribution is 6.64. The van der Waals surface area contributed by atoms with Crippen molar-refractivity contribution in [3.63, 3.8) is 0 Å². The Hall–Kier alpha value is -0.263. The maximum Gasteiger partial charge on any atom is 0.116 e. The molecule has 0 aromatic heterocycles. The molecule has 1 nitrogen and oxygen atoms in total. The topological polar surface area (TPSA) is 20.2 Å². The Labute approximate surface area is 46.0 Å². The highest BCUT2D eigenvalue weighted by Crippen LogP contribution is 1.70. The second kappa shape index (κ2) is 3.91. The first kappa shape index (κ1) is 6.74. The van der Waals surface area contributed by atoms with Gasteiger partial charge in [0.05, 0.1) is 0 Å². The molecule has 0 aromatic carbocycles. The molecule has 0 amide bonds. The van der Waals surface area contributed by atoms with Gasteiger partial charge in [-0.1, -0.05) is 19.0 Å². The van der Waals surface area contributed by atoms with Gasteiger partial charge in [-0.15, -0.1) is 5.54 Å². The second-order valence-electron chi connectivity index (χ2n) is 1.63. The van der Waals surface area contributed by atoms with Crippen LogP contribution in [0, 0.1) is 11.5 Å². The second-order valence-corrected chi connectivity index (χ2v) is 4.23. The highest BCUT2D eigenvalue weighted by Gasteiger charge is 1.81. The van der Waals surface area contributed by atoms with Crippen molar-refractivity contribution in [2.45, 2.75) is 13.1 Å². The summed E-state index contributed by atoms with van der Waals surface area (Å²) in [4.78, 5) is 0. The summed E-state index contributed by atoms with van der Waals surface area (Å²) in [6, 6.07) is 0. The molecule has 0 bridgehead atoms. The smallest absolute Gasteiger partial charge is 0.116 e. The van der Waals surface area contributed by atoms with Crippen LogP contribution in [0.25, 0.3) is 0 Å². The van der Waals surface area contributed by atoms with Gasteiger partial charge in [0.1, 0.15) is 15.4 Å². The van der Waals surface area contributed by atoms with Crippen molar-refractivity contribution in [1.82, 2.24) is 0 Å². The zero-order valence-electron chi connectivity index (χ0n) is 4.73. The minimum Gasteiger partial charge on any atom is -0.384 e. The first-order valence-corrected chi connectivity index (χ1v) is 5.25. The zero-order valence-corrected chi connectivity index (χ0v) is 5.89.